The Morgan fingerprint density at radius 2 is 1.50 bits per heavy atom. The van der Waals surface area contributed by atoms with Crippen molar-refractivity contribution in [3.63, 3.8) is 0 Å². The third kappa shape index (κ3) is 5.13. The second kappa shape index (κ2) is 8.23. The van der Waals surface area contributed by atoms with Crippen molar-refractivity contribution in [2.45, 2.75) is 0 Å². The SMILES string of the molecule is O=C(COC(=O)c1cc(Cl)nc(Cl)c1)Nc1cc(Cl)c(Cl)cc1Cl. The standard InChI is InChI=1S/C14H7Cl5N2O3/c15-7-3-9(17)10(4-8(7)16)20-13(22)5-24-14(23)6-1-11(18)21-12(19)2-6/h1-4H,5H2,(H,20,22). The molecule has 1 aromatic heterocycles. The maximum atomic E-state index is 11.9. The zero-order valence-electron chi connectivity index (χ0n) is 11.6. The minimum absolute atomic E-state index is 0.0292. The van der Waals surface area contributed by atoms with Crippen LogP contribution in [-0.4, -0.2) is 23.5 Å². The van der Waals surface area contributed by atoms with E-state index in [2.05, 4.69) is 10.3 Å². The lowest BCUT2D eigenvalue weighted by atomic mass is 10.3. The van der Waals surface area contributed by atoms with Crippen molar-refractivity contribution in [2.75, 3.05) is 11.9 Å². The zero-order valence-corrected chi connectivity index (χ0v) is 15.4. The van der Waals surface area contributed by atoms with Gasteiger partial charge >= 0.3 is 5.97 Å². The highest BCUT2D eigenvalue weighted by Crippen LogP contribution is 2.32. The monoisotopic (exact) mass is 426 g/mol. The summed E-state index contributed by atoms with van der Waals surface area (Å²) >= 11 is 29.0. The Kier molecular flexibility index (Phi) is 6.54. The second-order valence-electron chi connectivity index (χ2n) is 4.37. The molecule has 0 saturated carbocycles. The van der Waals surface area contributed by atoms with E-state index >= 15 is 0 Å². The molecule has 0 fully saturated rings. The van der Waals surface area contributed by atoms with Crippen LogP contribution >= 0.6 is 58.0 Å². The van der Waals surface area contributed by atoms with E-state index in [1.807, 2.05) is 0 Å². The van der Waals surface area contributed by atoms with Crippen molar-refractivity contribution >= 4 is 75.6 Å². The van der Waals surface area contributed by atoms with Gasteiger partial charge in [0.05, 0.1) is 26.3 Å². The normalized spacial score (nSPS) is 10.4. The number of carbonyl (C=O) groups excluding carboxylic acids is 2. The highest BCUT2D eigenvalue weighted by molar-refractivity contribution is 6.44. The van der Waals surface area contributed by atoms with Crippen LogP contribution in [0.4, 0.5) is 5.69 Å². The molecule has 1 heterocycles. The number of pyridine rings is 1. The van der Waals surface area contributed by atoms with E-state index in [-0.39, 0.29) is 36.6 Å². The number of amides is 1. The second-order valence-corrected chi connectivity index (χ2v) is 6.37. The average Bonchev–Trinajstić information content (AvgIpc) is 2.49. The fourth-order valence-electron chi connectivity index (χ4n) is 1.60. The number of benzene rings is 1. The van der Waals surface area contributed by atoms with Crippen molar-refractivity contribution in [3.8, 4) is 0 Å². The van der Waals surface area contributed by atoms with Gasteiger partial charge in [0.1, 0.15) is 10.3 Å². The number of nitrogens with zero attached hydrogens (tertiary/aromatic N) is 1. The van der Waals surface area contributed by atoms with E-state index in [1.165, 1.54) is 24.3 Å². The molecule has 1 N–H and O–H groups in total. The minimum Gasteiger partial charge on any atom is -0.452 e. The van der Waals surface area contributed by atoms with Gasteiger partial charge in [-0.3, -0.25) is 4.79 Å². The van der Waals surface area contributed by atoms with Crippen LogP contribution in [0.3, 0.4) is 0 Å². The van der Waals surface area contributed by atoms with Crippen molar-refractivity contribution in [3.05, 3.63) is 55.2 Å². The number of aromatic nitrogens is 1. The fourth-order valence-corrected chi connectivity index (χ4v) is 2.66. The summed E-state index contributed by atoms with van der Waals surface area (Å²) in [4.78, 5) is 27.4. The maximum Gasteiger partial charge on any atom is 0.338 e. The molecule has 0 aliphatic heterocycles. The largest absolute Gasteiger partial charge is 0.452 e. The molecule has 10 heteroatoms. The molecule has 0 bridgehead atoms. The van der Waals surface area contributed by atoms with Crippen LogP contribution in [0.1, 0.15) is 10.4 Å². The molecule has 126 valence electrons. The quantitative estimate of drug-likeness (QED) is 0.416. The topological polar surface area (TPSA) is 68.3 Å². The lowest BCUT2D eigenvalue weighted by molar-refractivity contribution is -0.119. The summed E-state index contributed by atoms with van der Waals surface area (Å²) in [5.74, 6) is -1.40. The van der Waals surface area contributed by atoms with E-state index in [1.54, 1.807) is 0 Å². The van der Waals surface area contributed by atoms with E-state index in [0.717, 1.165) is 0 Å². The summed E-state index contributed by atoms with van der Waals surface area (Å²) in [6, 6.07) is 5.30. The fraction of sp³-hybridized carbons (Fsp3) is 0.0714. The molecule has 0 atom stereocenters. The Morgan fingerprint density at radius 1 is 0.917 bits per heavy atom. The number of rotatable bonds is 4. The van der Waals surface area contributed by atoms with Crippen LogP contribution in [0.15, 0.2) is 24.3 Å². The Bertz CT molecular complexity index is 793. The predicted molar refractivity (Wildman–Crippen MR) is 94.6 cm³/mol. The van der Waals surface area contributed by atoms with Crippen LogP contribution in [-0.2, 0) is 9.53 Å². The van der Waals surface area contributed by atoms with Crippen molar-refractivity contribution in [1.82, 2.24) is 4.98 Å². The molecule has 0 radical (unpaired) electrons. The number of hydrogen-bond donors (Lipinski definition) is 1. The first kappa shape index (κ1) is 19.1. The summed E-state index contributed by atoms with van der Waals surface area (Å²) in [6.45, 7) is -0.549. The molecule has 0 spiro atoms. The zero-order chi connectivity index (χ0) is 17.9. The first-order valence-electron chi connectivity index (χ1n) is 6.21. The molecule has 1 amide bonds. The Hall–Kier alpha value is -1.24. The number of anilines is 1. The van der Waals surface area contributed by atoms with Gasteiger partial charge in [-0.2, -0.15) is 0 Å². The van der Waals surface area contributed by atoms with Gasteiger partial charge in [0.2, 0.25) is 0 Å². The van der Waals surface area contributed by atoms with Gasteiger partial charge in [-0.1, -0.05) is 58.0 Å². The van der Waals surface area contributed by atoms with Gasteiger partial charge in [0, 0.05) is 0 Å². The van der Waals surface area contributed by atoms with E-state index < -0.39 is 18.5 Å². The Morgan fingerprint density at radius 3 is 2.12 bits per heavy atom. The summed E-state index contributed by atoms with van der Waals surface area (Å²) < 4.78 is 4.87. The number of hydrogen-bond acceptors (Lipinski definition) is 4. The molecule has 0 aliphatic rings. The molecule has 0 saturated heterocycles. The lowest BCUT2D eigenvalue weighted by Gasteiger charge is -2.09. The van der Waals surface area contributed by atoms with E-state index in [9.17, 15) is 9.59 Å². The number of esters is 1. The highest BCUT2D eigenvalue weighted by atomic mass is 35.5. The van der Waals surface area contributed by atoms with Crippen molar-refractivity contribution < 1.29 is 14.3 Å². The van der Waals surface area contributed by atoms with Gasteiger partial charge in [-0.05, 0) is 24.3 Å². The van der Waals surface area contributed by atoms with Crippen LogP contribution in [0.2, 0.25) is 25.4 Å². The van der Waals surface area contributed by atoms with Crippen LogP contribution < -0.4 is 5.32 Å². The van der Waals surface area contributed by atoms with Gasteiger partial charge in [-0.15, -0.1) is 0 Å². The van der Waals surface area contributed by atoms with E-state index in [4.69, 9.17) is 62.7 Å². The Labute approximate surface area is 161 Å². The third-order valence-corrected chi connectivity index (χ3v) is 4.04. The average molecular weight is 428 g/mol. The molecule has 5 nitrogen and oxygen atoms in total. The van der Waals surface area contributed by atoms with Gasteiger partial charge in [0.15, 0.2) is 6.61 Å². The first-order valence-corrected chi connectivity index (χ1v) is 8.10. The molecular formula is C14H7Cl5N2O3. The number of halogens is 5. The minimum atomic E-state index is -0.781. The van der Waals surface area contributed by atoms with Gasteiger partial charge < -0.3 is 10.1 Å². The molecule has 1 aromatic carbocycles. The molecule has 2 aromatic rings. The summed E-state index contributed by atoms with van der Waals surface area (Å²) in [7, 11) is 0. The van der Waals surface area contributed by atoms with Crippen LogP contribution in [0, 0.1) is 0 Å². The number of nitrogens with one attached hydrogen (secondary N) is 1. The third-order valence-electron chi connectivity index (χ3n) is 2.62. The highest BCUT2D eigenvalue weighted by Gasteiger charge is 2.14. The Balaban J connectivity index is 1.98. The maximum absolute atomic E-state index is 11.9. The van der Waals surface area contributed by atoms with Crippen molar-refractivity contribution in [2.24, 2.45) is 0 Å². The first-order chi connectivity index (χ1) is 11.3. The molecule has 2 rings (SSSR count). The summed E-state index contributed by atoms with van der Waals surface area (Å²) in [6.07, 6.45) is 0. The van der Waals surface area contributed by atoms with Crippen LogP contribution in [0.5, 0.6) is 0 Å². The molecule has 24 heavy (non-hydrogen) atoms. The summed E-state index contributed by atoms with van der Waals surface area (Å²) in [5.41, 5.74) is 0.308. The molecular weight excluding hydrogens is 421 g/mol. The number of carbonyl (C=O) groups is 2. The van der Waals surface area contributed by atoms with Gasteiger partial charge in [0.25, 0.3) is 5.91 Å². The number of ether oxygens (including phenoxy) is 1. The molecule has 0 aliphatic carbocycles. The van der Waals surface area contributed by atoms with Crippen molar-refractivity contribution in [1.29, 1.82) is 0 Å². The summed E-state index contributed by atoms with van der Waals surface area (Å²) in [5, 5.41) is 3.17. The van der Waals surface area contributed by atoms with Gasteiger partial charge in [-0.25, -0.2) is 9.78 Å². The van der Waals surface area contributed by atoms with E-state index in [0.29, 0.717) is 0 Å². The molecule has 0 unspecified atom stereocenters. The lowest BCUT2D eigenvalue weighted by Crippen LogP contribution is -2.21. The smallest absolute Gasteiger partial charge is 0.338 e. The van der Waals surface area contributed by atoms with Crippen LogP contribution in [0.25, 0.3) is 0 Å². The predicted octanol–water partition coefficient (Wildman–Crippen LogP) is 5.14.